The maximum Gasteiger partial charge on any atom is 0.445 e. The lowest BCUT2D eigenvalue weighted by Crippen LogP contribution is -2.48. The molecule has 108 valence electrons. The number of rotatable bonds is 3. The summed E-state index contributed by atoms with van der Waals surface area (Å²) >= 11 is 0. The van der Waals surface area contributed by atoms with Crippen molar-refractivity contribution < 1.29 is 52.5 Å². The Bertz CT molecular complexity index is 459. The van der Waals surface area contributed by atoms with Crippen LogP contribution in [0.2, 0.25) is 0 Å². The van der Waals surface area contributed by atoms with Crippen molar-refractivity contribution in [2.75, 3.05) is 0 Å². The van der Waals surface area contributed by atoms with Gasteiger partial charge in [-0.25, -0.2) is 4.39 Å². The number of hydrogen-bond donors (Lipinski definition) is 1. The van der Waals surface area contributed by atoms with Gasteiger partial charge >= 0.3 is 27.5 Å². The lowest BCUT2D eigenvalue weighted by Gasteiger charge is -2.22. The Morgan fingerprint density at radius 3 is 1.39 bits per heavy atom. The molecule has 0 rings (SSSR count). The van der Waals surface area contributed by atoms with E-state index >= 15 is 0 Å². The molecule has 0 spiro atoms. The SMILES string of the molecule is O=S(=O)(O)C(F)(F)C(F)(F)C(F)=C(F)C(F)(F)F. The van der Waals surface area contributed by atoms with E-state index in [9.17, 15) is 47.9 Å². The Labute approximate surface area is 92.6 Å². The second-order valence-electron chi connectivity index (χ2n) is 2.69. The first kappa shape index (κ1) is 17.0. The van der Waals surface area contributed by atoms with Gasteiger partial charge in [0.1, 0.15) is 0 Å². The molecule has 0 unspecified atom stereocenters. The largest absolute Gasteiger partial charge is 0.445 e. The molecule has 0 amide bonds. The molecule has 18 heavy (non-hydrogen) atoms. The van der Waals surface area contributed by atoms with Gasteiger partial charge in [-0.3, -0.25) is 4.55 Å². The number of allylic oxidation sites excluding steroid dienone is 2. The fourth-order valence-corrected chi connectivity index (χ4v) is 0.966. The molecule has 0 atom stereocenters. The summed E-state index contributed by atoms with van der Waals surface area (Å²) in [5.41, 5.74) is 0. The van der Waals surface area contributed by atoms with Crippen LogP contribution in [0.25, 0.3) is 0 Å². The van der Waals surface area contributed by atoms with Crippen LogP contribution in [0.4, 0.5) is 39.5 Å². The summed E-state index contributed by atoms with van der Waals surface area (Å²) in [7, 11) is -6.98. The molecule has 0 heterocycles. The molecule has 0 aliphatic heterocycles. The molecule has 0 bridgehead atoms. The summed E-state index contributed by atoms with van der Waals surface area (Å²) in [4.78, 5) is 0. The van der Waals surface area contributed by atoms with E-state index in [2.05, 4.69) is 0 Å². The molecular weight excluding hydrogens is 311 g/mol. The minimum Gasteiger partial charge on any atom is -0.281 e. The molecule has 0 fully saturated rings. The van der Waals surface area contributed by atoms with Gasteiger partial charge in [0.2, 0.25) is 11.7 Å². The van der Waals surface area contributed by atoms with Crippen molar-refractivity contribution in [1.29, 1.82) is 0 Å². The summed E-state index contributed by atoms with van der Waals surface area (Å²) in [5, 5.41) is -6.67. The minimum absolute atomic E-state index is 4.24. The molecule has 0 aromatic rings. The van der Waals surface area contributed by atoms with E-state index < -0.39 is 39.1 Å². The van der Waals surface area contributed by atoms with Crippen molar-refractivity contribution in [2.45, 2.75) is 17.4 Å². The lowest BCUT2D eigenvalue weighted by molar-refractivity contribution is -0.158. The zero-order chi connectivity index (χ0) is 15.2. The first-order valence-corrected chi connectivity index (χ1v) is 4.86. The number of hydrogen-bond acceptors (Lipinski definition) is 2. The summed E-state index contributed by atoms with van der Waals surface area (Å²) < 4.78 is 135. The summed E-state index contributed by atoms with van der Waals surface area (Å²) in [5.74, 6) is -15.3. The molecule has 0 saturated carbocycles. The van der Waals surface area contributed by atoms with Crippen LogP contribution < -0.4 is 0 Å². The van der Waals surface area contributed by atoms with Crippen LogP contribution in [-0.2, 0) is 10.1 Å². The van der Waals surface area contributed by atoms with E-state index in [1.807, 2.05) is 0 Å². The third-order valence-corrected chi connectivity index (χ3v) is 2.31. The van der Waals surface area contributed by atoms with Crippen molar-refractivity contribution in [1.82, 2.24) is 0 Å². The number of alkyl halides is 7. The van der Waals surface area contributed by atoms with Gasteiger partial charge < -0.3 is 0 Å². The van der Waals surface area contributed by atoms with Gasteiger partial charge in [0.25, 0.3) is 0 Å². The standard InChI is InChI=1S/C5HF9O3S/c6-1(2(7)4(10,11)12)3(8,9)5(13,14)18(15,16)17/h(H,15,16,17). The van der Waals surface area contributed by atoms with Crippen LogP contribution in [-0.4, -0.2) is 30.3 Å². The first-order valence-electron chi connectivity index (χ1n) is 3.42. The van der Waals surface area contributed by atoms with E-state index in [1.54, 1.807) is 0 Å². The Hall–Kier alpha value is -0.980. The fraction of sp³-hybridized carbons (Fsp3) is 0.600. The van der Waals surface area contributed by atoms with E-state index in [1.165, 1.54) is 0 Å². The maximum atomic E-state index is 12.4. The van der Waals surface area contributed by atoms with Gasteiger partial charge in [0, 0.05) is 0 Å². The third kappa shape index (κ3) is 2.71. The van der Waals surface area contributed by atoms with E-state index in [0.717, 1.165) is 0 Å². The highest BCUT2D eigenvalue weighted by atomic mass is 32.2. The summed E-state index contributed by atoms with van der Waals surface area (Å²) in [6.45, 7) is 0. The molecule has 0 aliphatic rings. The van der Waals surface area contributed by atoms with Crippen LogP contribution in [0, 0.1) is 0 Å². The van der Waals surface area contributed by atoms with Crippen molar-refractivity contribution in [3.05, 3.63) is 11.7 Å². The maximum absolute atomic E-state index is 12.4. The third-order valence-electron chi connectivity index (χ3n) is 1.41. The van der Waals surface area contributed by atoms with E-state index in [-0.39, 0.29) is 0 Å². The van der Waals surface area contributed by atoms with Crippen molar-refractivity contribution in [3.63, 3.8) is 0 Å². The normalized spacial score (nSPS) is 16.6. The Kier molecular flexibility index (Phi) is 4.06. The van der Waals surface area contributed by atoms with Crippen LogP contribution in [0.5, 0.6) is 0 Å². The Morgan fingerprint density at radius 1 is 0.833 bits per heavy atom. The van der Waals surface area contributed by atoms with Gasteiger partial charge in [0.05, 0.1) is 0 Å². The molecule has 0 saturated heterocycles. The minimum atomic E-state index is -6.98. The topological polar surface area (TPSA) is 54.4 Å². The van der Waals surface area contributed by atoms with Crippen molar-refractivity contribution in [2.24, 2.45) is 0 Å². The molecule has 0 radical (unpaired) electrons. The van der Waals surface area contributed by atoms with Crippen LogP contribution in [0.15, 0.2) is 11.7 Å². The van der Waals surface area contributed by atoms with E-state index in [0.29, 0.717) is 0 Å². The fourth-order valence-electron chi connectivity index (χ4n) is 0.552. The quantitative estimate of drug-likeness (QED) is 0.644. The second-order valence-corrected chi connectivity index (χ2v) is 4.15. The first-order chi connectivity index (χ1) is 7.57. The van der Waals surface area contributed by atoms with Crippen LogP contribution in [0.3, 0.4) is 0 Å². The van der Waals surface area contributed by atoms with Gasteiger partial charge in [-0.15, -0.1) is 0 Å². The summed E-state index contributed by atoms with van der Waals surface area (Å²) in [6, 6.07) is 0. The highest BCUT2D eigenvalue weighted by Gasteiger charge is 2.70. The van der Waals surface area contributed by atoms with Crippen LogP contribution in [0.1, 0.15) is 0 Å². The van der Waals surface area contributed by atoms with Crippen LogP contribution >= 0.6 is 0 Å². The zero-order valence-corrected chi connectivity index (χ0v) is 8.39. The molecule has 1 N–H and O–H groups in total. The predicted molar refractivity (Wildman–Crippen MR) is 36.7 cm³/mol. The highest BCUT2D eigenvalue weighted by molar-refractivity contribution is 7.87. The molecule has 3 nitrogen and oxygen atoms in total. The zero-order valence-electron chi connectivity index (χ0n) is 7.57. The average molecular weight is 312 g/mol. The molecule has 0 aliphatic carbocycles. The van der Waals surface area contributed by atoms with Crippen molar-refractivity contribution >= 4 is 10.1 Å². The summed E-state index contributed by atoms with van der Waals surface area (Å²) in [6.07, 6.45) is -6.37. The predicted octanol–water partition coefficient (Wildman–Crippen LogP) is 2.82. The monoisotopic (exact) mass is 312 g/mol. The Morgan fingerprint density at radius 2 is 1.17 bits per heavy atom. The lowest BCUT2D eigenvalue weighted by atomic mass is 10.2. The van der Waals surface area contributed by atoms with Gasteiger partial charge in [-0.1, -0.05) is 0 Å². The van der Waals surface area contributed by atoms with Gasteiger partial charge in [0.15, 0.2) is 0 Å². The van der Waals surface area contributed by atoms with Gasteiger partial charge in [-0.05, 0) is 0 Å². The van der Waals surface area contributed by atoms with Crippen molar-refractivity contribution in [3.8, 4) is 0 Å². The molecule has 0 aromatic heterocycles. The Balaban J connectivity index is 5.99. The number of halogens is 9. The molecular formula is C5HF9O3S. The average Bonchev–Trinajstić information content (AvgIpc) is 2.11. The smallest absolute Gasteiger partial charge is 0.281 e. The highest BCUT2D eigenvalue weighted by Crippen LogP contribution is 2.47. The second kappa shape index (κ2) is 4.29. The van der Waals surface area contributed by atoms with E-state index in [4.69, 9.17) is 4.55 Å². The molecule has 13 heteroatoms. The van der Waals surface area contributed by atoms with Gasteiger partial charge in [-0.2, -0.15) is 43.5 Å². The molecule has 0 aromatic carbocycles.